The zero-order valence-corrected chi connectivity index (χ0v) is 21.5. The number of thiophene rings is 1. The van der Waals surface area contributed by atoms with Crippen LogP contribution in [0.2, 0.25) is 0 Å². The lowest BCUT2D eigenvalue weighted by Gasteiger charge is -2.12. The largest absolute Gasteiger partial charge is 0.408 e. The number of hydrogen-bond acceptors (Lipinski definition) is 8. The summed E-state index contributed by atoms with van der Waals surface area (Å²) in [4.78, 5) is 32.8. The number of fused-ring (bicyclic) bond motifs is 1. The summed E-state index contributed by atoms with van der Waals surface area (Å²) in [5.74, 6) is 0.275. The molecule has 0 atom stereocenters. The zero-order valence-electron chi connectivity index (χ0n) is 19.8. The highest BCUT2D eigenvalue weighted by Gasteiger charge is 2.19. The van der Waals surface area contributed by atoms with Crippen LogP contribution in [0.1, 0.15) is 54.1 Å². The van der Waals surface area contributed by atoms with Crippen LogP contribution in [0.5, 0.6) is 0 Å². The maximum absolute atomic E-state index is 13.6. The van der Waals surface area contributed by atoms with Crippen LogP contribution in [0, 0.1) is 13.8 Å². The zero-order chi connectivity index (χ0) is 24.4. The Kier molecular flexibility index (Phi) is 7.18. The predicted octanol–water partition coefficient (Wildman–Crippen LogP) is 4.92. The number of nitrogens with one attached hydrogen (secondary N) is 1. The second kappa shape index (κ2) is 10.1. The van der Waals surface area contributed by atoms with E-state index in [9.17, 15) is 9.59 Å². The molecule has 0 saturated heterocycles. The van der Waals surface area contributed by atoms with Crippen molar-refractivity contribution < 1.29 is 9.21 Å². The van der Waals surface area contributed by atoms with Gasteiger partial charge in [-0.25, -0.2) is 4.98 Å². The number of anilines is 1. The van der Waals surface area contributed by atoms with Gasteiger partial charge in [-0.3, -0.25) is 19.5 Å². The number of aryl methyl sites for hydroxylation is 3. The van der Waals surface area contributed by atoms with Gasteiger partial charge in [0.25, 0.3) is 5.56 Å². The van der Waals surface area contributed by atoms with Crippen molar-refractivity contribution in [3.8, 4) is 0 Å². The molecule has 1 aromatic carbocycles. The number of hydrogen-bond donors (Lipinski definition) is 1. The van der Waals surface area contributed by atoms with E-state index in [1.807, 2.05) is 52.0 Å². The minimum absolute atomic E-state index is 0.0518. The summed E-state index contributed by atoms with van der Waals surface area (Å²) in [6.45, 7) is 10.3. The fourth-order valence-corrected chi connectivity index (χ4v) is 5.47. The maximum atomic E-state index is 13.6. The van der Waals surface area contributed by atoms with Gasteiger partial charge in [-0.1, -0.05) is 67.5 Å². The Hall–Kier alpha value is -2.98. The summed E-state index contributed by atoms with van der Waals surface area (Å²) >= 11 is 2.76. The predicted molar refractivity (Wildman–Crippen MR) is 136 cm³/mol. The van der Waals surface area contributed by atoms with Gasteiger partial charge < -0.3 is 4.42 Å². The van der Waals surface area contributed by atoms with Crippen LogP contribution in [-0.4, -0.2) is 31.4 Å². The van der Waals surface area contributed by atoms with Crippen molar-refractivity contribution in [3.63, 3.8) is 0 Å². The molecule has 178 valence electrons. The third-order valence-corrected chi connectivity index (χ3v) is 7.72. The van der Waals surface area contributed by atoms with Crippen molar-refractivity contribution >= 4 is 45.2 Å². The van der Waals surface area contributed by atoms with Gasteiger partial charge in [0.05, 0.1) is 17.7 Å². The Morgan fingerprint density at radius 1 is 1.21 bits per heavy atom. The molecule has 3 aromatic heterocycles. The fourth-order valence-electron chi connectivity index (χ4n) is 3.51. The van der Waals surface area contributed by atoms with Crippen molar-refractivity contribution in [1.82, 2.24) is 19.7 Å². The molecule has 0 fully saturated rings. The van der Waals surface area contributed by atoms with Gasteiger partial charge in [0.1, 0.15) is 4.83 Å². The summed E-state index contributed by atoms with van der Waals surface area (Å²) < 4.78 is 7.11. The van der Waals surface area contributed by atoms with Crippen LogP contribution >= 0.6 is 23.1 Å². The summed E-state index contributed by atoms with van der Waals surface area (Å²) in [5.41, 5.74) is 3.05. The smallest absolute Gasteiger partial charge is 0.322 e. The SMILES string of the molecule is CCc1sc2nc(SCC(=O)Nc3nnc(C(C)C)o3)n(Cc3ccc(C)cc3)c(=O)c2c1C. The number of carbonyl (C=O) groups excluding carboxylic acids is 1. The number of rotatable bonds is 8. The standard InChI is InChI=1S/C24H27N5O3S2/c1-6-17-15(5)19-21(34-17)26-24(29(22(19)31)11-16-9-7-14(4)8-10-16)33-12-18(30)25-23-28-27-20(32-23)13(2)3/h7-10,13H,6,11-12H2,1-5H3,(H,25,28,30). The van der Waals surface area contributed by atoms with Crippen molar-refractivity contribution in [2.75, 3.05) is 11.1 Å². The summed E-state index contributed by atoms with van der Waals surface area (Å²) in [7, 11) is 0. The first kappa shape index (κ1) is 24.2. The summed E-state index contributed by atoms with van der Waals surface area (Å²) in [6.07, 6.45) is 0.845. The molecule has 0 bridgehead atoms. The lowest BCUT2D eigenvalue weighted by molar-refractivity contribution is -0.113. The van der Waals surface area contributed by atoms with Gasteiger partial charge in [-0.15, -0.1) is 16.4 Å². The Morgan fingerprint density at radius 3 is 2.59 bits per heavy atom. The first-order valence-electron chi connectivity index (χ1n) is 11.1. The second-order valence-corrected chi connectivity index (χ2v) is 10.4. The molecule has 0 unspecified atom stereocenters. The molecule has 4 aromatic rings. The van der Waals surface area contributed by atoms with E-state index in [4.69, 9.17) is 9.40 Å². The van der Waals surface area contributed by atoms with E-state index in [0.717, 1.165) is 28.0 Å². The molecule has 0 radical (unpaired) electrons. The molecular formula is C24H27N5O3S2. The molecule has 3 heterocycles. The van der Waals surface area contributed by atoms with Crippen molar-refractivity contribution in [2.24, 2.45) is 0 Å². The Labute approximate surface area is 205 Å². The topological polar surface area (TPSA) is 103 Å². The molecule has 0 saturated carbocycles. The van der Waals surface area contributed by atoms with Crippen LogP contribution in [0.4, 0.5) is 6.01 Å². The molecule has 0 aliphatic rings. The number of carbonyl (C=O) groups is 1. The minimum atomic E-state index is -0.309. The molecule has 1 amide bonds. The number of thioether (sulfide) groups is 1. The molecule has 0 aliphatic heterocycles. The van der Waals surface area contributed by atoms with Crippen LogP contribution in [0.3, 0.4) is 0 Å². The average Bonchev–Trinajstić information content (AvgIpc) is 3.40. The third-order valence-electron chi connectivity index (χ3n) is 5.41. The molecular weight excluding hydrogens is 470 g/mol. The maximum Gasteiger partial charge on any atom is 0.322 e. The monoisotopic (exact) mass is 497 g/mol. The quantitative estimate of drug-likeness (QED) is 0.272. The first-order chi connectivity index (χ1) is 16.3. The summed E-state index contributed by atoms with van der Waals surface area (Å²) in [5, 5.41) is 11.6. The van der Waals surface area contributed by atoms with Crippen molar-refractivity contribution in [1.29, 1.82) is 0 Å². The highest BCUT2D eigenvalue weighted by molar-refractivity contribution is 7.99. The van der Waals surface area contributed by atoms with E-state index < -0.39 is 0 Å². The van der Waals surface area contributed by atoms with Gasteiger partial charge in [0.2, 0.25) is 11.8 Å². The highest BCUT2D eigenvalue weighted by atomic mass is 32.2. The summed E-state index contributed by atoms with van der Waals surface area (Å²) in [6, 6.07) is 8.12. The number of aromatic nitrogens is 4. The number of nitrogens with zero attached hydrogens (tertiary/aromatic N) is 4. The van der Waals surface area contributed by atoms with Gasteiger partial charge in [-0.2, -0.15) is 0 Å². The Balaban J connectivity index is 1.63. The van der Waals surface area contributed by atoms with Crippen LogP contribution in [0.15, 0.2) is 38.6 Å². The Morgan fingerprint density at radius 2 is 1.94 bits per heavy atom. The van der Waals surface area contributed by atoms with E-state index in [2.05, 4.69) is 22.4 Å². The second-order valence-electron chi connectivity index (χ2n) is 8.39. The van der Waals surface area contributed by atoms with Gasteiger partial charge in [-0.05, 0) is 31.4 Å². The van der Waals surface area contributed by atoms with Gasteiger partial charge in [0.15, 0.2) is 5.16 Å². The molecule has 10 heteroatoms. The van der Waals surface area contributed by atoms with Gasteiger partial charge >= 0.3 is 6.01 Å². The lowest BCUT2D eigenvalue weighted by atomic mass is 10.1. The third kappa shape index (κ3) is 5.07. The molecule has 1 N–H and O–H groups in total. The van der Waals surface area contributed by atoms with E-state index in [0.29, 0.717) is 27.8 Å². The van der Waals surface area contributed by atoms with Gasteiger partial charge in [0, 0.05) is 10.8 Å². The van der Waals surface area contributed by atoms with Crippen LogP contribution in [0.25, 0.3) is 10.2 Å². The van der Waals surface area contributed by atoms with E-state index in [1.165, 1.54) is 23.1 Å². The van der Waals surface area contributed by atoms with Crippen molar-refractivity contribution in [2.45, 2.75) is 58.7 Å². The Bertz CT molecular complexity index is 1390. The molecule has 34 heavy (non-hydrogen) atoms. The normalized spacial score (nSPS) is 11.5. The number of amides is 1. The molecule has 8 nitrogen and oxygen atoms in total. The van der Waals surface area contributed by atoms with E-state index >= 15 is 0 Å². The van der Waals surface area contributed by atoms with Crippen LogP contribution in [-0.2, 0) is 17.8 Å². The van der Waals surface area contributed by atoms with E-state index in [1.54, 1.807) is 4.57 Å². The molecule has 0 aliphatic carbocycles. The van der Waals surface area contributed by atoms with Crippen LogP contribution < -0.4 is 10.9 Å². The fraction of sp³-hybridized carbons (Fsp3) is 0.375. The lowest BCUT2D eigenvalue weighted by Crippen LogP contribution is -2.24. The van der Waals surface area contributed by atoms with E-state index in [-0.39, 0.29) is 29.2 Å². The first-order valence-corrected chi connectivity index (χ1v) is 12.9. The van der Waals surface area contributed by atoms with Crippen molar-refractivity contribution in [3.05, 3.63) is 62.1 Å². The number of benzene rings is 1. The molecule has 4 rings (SSSR count). The minimum Gasteiger partial charge on any atom is -0.408 e. The average molecular weight is 498 g/mol. The highest BCUT2D eigenvalue weighted by Crippen LogP contribution is 2.30. The molecule has 0 spiro atoms.